The van der Waals surface area contributed by atoms with Crippen LogP contribution in [-0.2, 0) is 28.5 Å². The number of benzene rings is 3. The minimum atomic E-state index is -0.627. The number of rotatable bonds is 11. The SMILES string of the molecule is O=C(CC[C@H]1CN(c2ccc(N3CCOCC3=O)cc2)C(=O)O1)c1ccccc1C(=O)NC[C@H]1CN(c2ccc(N3CCOCC3=O)cc2)C(=O)O1. The van der Waals surface area contributed by atoms with Crippen LogP contribution in [0.5, 0.6) is 0 Å². The van der Waals surface area contributed by atoms with Crippen molar-refractivity contribution >= 4 is 58.4 Å². The third-order valence-electron chi connectivity index (χ3n) is 9.32. The molecule has 0 saturated carbocycles. The molecule has 4 fully saturated rings. The van der Waals surface area contributed by atoms with Crippen LogP contribution in [0.25, 0.3) is 0 Å². The fourth-order valence-electron chi connectivity index (χ4n) is 6.58. The first kappa shape index (κ1) is 34.6. The molecule has 4 saturated heterocycles. The third-order valence-corrected chi connectivity index (χ3v) is 9.32. The van der Waals surface area contributed by atoms with E-state index in [1.165, 1.54) is 9.80 Å². The lowest BCUT2D eigenvalue weighted by molar-refractivity contribution is -0.126. The predicted molar refractivity (Wildman–Crippen MR) is 187 cm³/mol. The summed E-state index contributed by atoms with van der Waals surface area (Å²) in [6, 6.07) is 20.5. The van der Waals surface area contributed by atoms with Crippen LogP contribution in [0.4, 0.5) is 32.3 Å². The fraction of sp³-hybridized carbons (Fsp3) is 0.351. The van der Waals surface area contributed by atoms with Crippen molar-refractivity contribution in [3.8, 4) is 0 Å². The molecule has 0 radical (unpaired) electrons. The second-order valence-electron chi connectivity index (χ2n) is 12.7. The summed E-state index contributed by atoms with van der Waals surface area (Å²) in [5.74, 6) is -1.02. The lowest BCUT2D eigenvalue weighted by Gasteiger charge is -2.27. The van der Waals surface area contributed by atoms with Crippen LogP contribution in [0, 0.1) is 0 Å². The Labute approximate surface area is 298 Å². The van der Waals surface area contributed by atoms with E-state index >= 15 is 0 Å². The Balaban J connectivity index is 0.900. The predicted octanol–water partition coefficient (Wildman–Crippen LogP) is 3.16. The summed E-state index contributed by atoms with van der Waals surface area (Å²) in [5, 5.41) is 2.78. The lowest BCUT2D eigenvalue weighted by Crippen LogP contribution is -2.41. The van der Waals surface area contributed by atoms with E-state index in [4.69, 9.17) is 18.9 Å². The molecule has 7 rings (SSSR count). The van der Waals surface area contributed by atoms with Crippen LogP contribution < -0.4 is 24.9 Å². The Kier molecular flexibility index (Phi) is 10.1. The molecule has 52 heavy (non-hydrogen) atoms. The van der Waals surface area contributed by atoms with Crippen LogP contribution in [0.2, 0.25) is 0 Å². The maximum absolute atomic E-state index is 13.3. The summed E-state index contributed by atoms with van der Waals surface area (Å²) >= 11 is 0. The molecule has 270 valence electrons. The van der Waals surface area contributed by atoms with Crippen molar-refractivity contribution in [2.45, 2.75) is 25.0 Å². The van der Waals surface area contributed by atoms with Crippen LogP contribution in [-0.4, -0.2) is 107 Å². The first-order valence-electron chi connectivity index (χ1n) is 17.1. The van der Waals surface area contributed by atoms with E-state index in [1.807, 2.05) is 0 Å². The average Bonchev–Trinajstić information content (AvgIpc) is 3.74. The van der Waals surface area contributed by atoms with Gasteiger partial charge < -0.3 is 34.1 Å². The van der Waals surface area contributed by atoms with Gasteiger partial charge in [-0.3, -0.25) is 29.0 Å². The second-order valence-corrected chi connectivity index (χ2v) is 12.7. The van der Waals surface area contributed by atoms with Gasteiger partial charge in [0.2, 0.25) is 0 Å². The quantitative estimate of drug-likeness (QED) is 0.292. The molecule has 5 amide bonds. The number of carbonyl (C=O) groups excluding carboxylic acids is 6. The summed E-state index contributed by atoms with van der Waals surface area (Å²) < 4.78 is 21.4. The number of carbonyl (C=O) groups is 6. The molecule has 0 aliphatic carbocycles. The van der Waals surface area contributed by atoms with Crippen molar-refractivity contribution in [3.63, 3.8) is 0 Å². The van der Waals surface area contributed by atoms with E-state index in [9.17, 15) is 28.8 Å². The highest BCUT2D eigenvalue weighted by Crippen LogP contribution is 2.28. The van der Waals surface area contributed by atoms with Gasteiger partial charge in [0.15, 0.2) is 5.78 Å². The number of nitrogens with zero attached hydrogens (tertiary/aromatic N) is 4. The maximum Gasteiger partial charge on any atom is 0.414 e. The van der Waals surface area contributed by atoms with E-state index in [1.54, 1.807) is 82.6 Å². The van der Waals surface area contributed by atoms with Gasteiger partial charge in [-0.25, -0.2) is 9.59 Å². The highest BCUT2D eigenvalue weighted by atomic mass is 16.6. The van der Waals surface area contributed by atoms with E-state index in [-0.39, 0.29) is 74.4 Å². The summed E-state index contributed by atoms with van der Waals surface area (Å²) in [4.78, 5) is 82.5. The van der Waals surface area contributed by atoms with Gasteiger partial charge in [-0.1, -0.05) is 18.2 Å². The van der Waals surface area contributed by atoms with Crippen molar-refractivity contribution in [2.75, 3.05) is 78.8 Å². The molecule has 15 nitrogen and oxygen atoms in total. The molecule has 15 heteroatoms. The summed E-state index contributed by atoms with van der Waals surface area (Å²) in [6.45, 7) is 2.36. The van der Waals surface area contributed by atoms with Gasteiger partial charge in [-0.15, -0.1) is 0 Å². The van der Waals surface area contributed by atoms with Crippen molar-refractivity contribution in [1.29, 1.82) is 0 Å². The van der Waals surface area contributed by atoms with Gasteiger partial charge >= 0.3 is 12.2 Å². The van der Waals surface area contributed by atoms with Gasteiger partial charge in [-0.05, 0) is 61.0 Å². The highest BCUT2D eigenvalue weighted by molar-refractivity contribution is 6.08. The normalized spacial score (nSPS) is 20.6. The van der Waals surface area contributed by atoms with Gasteiger partial charge in [0.05, 0.1) is 38.4 Å². The van der Waals surface area contributed by atoms with Crippen molar-refractivity contribution in [2.24, 2.45) is 0 Å². The van der Waals surface area contributed by atoms with Crippen molar-refractivity contribution in [3.05, 3.63) is 83.9 Å². The highest BCUT2D eigenvalue weighted by Gasteiger charge is 2.35. The minimum Gasteiger partial charge on any atom is -0.444 e. The molecule has 4 aliphatic rings. The van der Waals surface area contributed by atoms with Crippen molar-refractivity contribution in [1.82, 2.24) is 5.32 Å². The number of Topliss-reactive ketones (excluding diaryl/α,β-unsaturated/α-hetero) is 1. The number of ether oxygens (including phenoxy) is 4. The van der Waals surface area contributed by atoms with E-state index < -0.39 is 30.3 Å². The van der Waals surface area contributed by atoms with Crippen LogP contribution in [0.3, 0.4) is 0 Å². The van der Waals surface area contributed by atoms with Crippen LogP contribution in [0.1, 0.15) is 33.6 Å². The number of anilines is 4. The average molecular weight is 712 g/mol. The first-order valence-corrected chi connectivity index (χ1v) is 17.1. The Bertz CT molecular complexity index is 1730. The van der Waals surface area contributed by atoms with E-state index in [2.05, 4.69) is 5.32 Å². The number of ketones is 1. The molecule has 3 aromatic carbocycles. The molecule has 2 atom stereocenters. The molecule has 0 bridgehead atoms. The topological polar surface area (TPSA) is 164 Å². The fourth-order valence-corrected chi connectivity index (χ4v) is 6.58. The Morgan fingerprint density at radius 3 is 1.60 bits per heavy atom. The molecule has 3 aromatic rings. The molecule has 0 unspecified atom stereocenters. The number of morpholine rings is 2. The Morgan fingerprint density at radius 1 is 0.615 bits per heavy atom. The number of cyclic esters (lactones) is 2. The lowest BCUT2D eigenvalue weighted by atomic mass is 9.98. The number of nitrogens with one attached hydrogen (secondary N) is 1. The number of hydrogen-bond donors (Lipinski definition) is 1. The van der Waals surface area contributed by atoms with Gasteiger partial charge in [0, 0.05) is 47.8 Å². The second kappa shape index (κ2) is 15.2. The van der Waals surface area contributed by atoms with Crippen LogP contribution >= 0.6 is 0 Å². The number of amides is 5. The van der Waals surface area contributed by atoms with Gasteiger partial charge in [-0.2, -0.15) is 0 Å². The smallest absolute Gasteiger partial charge is 0.414 e. The van der Waals surface area contributed by atoms with E-state index in [0.29, 0.717) is 49.1 Å². The van der Waals surface area contributed by atoms with Crippen LogP contribution in [0.15, 0.2) is 72.8 Å². The maximum atomic E-state index is 13.3. The number of hydrogen-bond acceptors (Lipinski definition) is 10. The Hall–Kier alpha value is -5.80. The monoisotopic (exact) mass is 711 g/mol. The van der Waals surface area contributed by atoms with Crippen molar-refractivity contribution < 1.29 is 47.7 Å². The largest absolute Gasteiger partial charge is 0.444 e. The molecule has 1 N–H and O–H groups in total. The van der Waals surface area contributed by atoms with Gasteiger partial charge in [0.25, 0.3) is 17.7 Å². The minimum absolute atomic E-state index is 0.0293. The zero-order valence-corrected chi connectivity index (χ0v) is 28.2. The molecular weight excluding hydrogens is 674 g/mol. The van der Waals surface area contributed by atoms with Gasteiger partial charge in [0.1, 0.15) is 25.4 Å². The molecular formula is C37H37N5O10. The standard InChI is InChI=1S/C37H37N5O10/c43-32(14-13-28-20-41(36(47)51-28)26-9-5-24(6-10-26)39-15-17-49-22-33(39)44)30-3-1-2-4-31(30)35(46)38-19-29-21-42(37(48)52-29)27-11-7-25(8-12-27)40-16-18-50-23-34(40)45/h1-12,28-29H,13-23H2,(H,38,46)/t28-,29-/m0/s1. The molecule has 4 heterocycles. The summed E-state index contributed by atoms with van der Waals surface area (Å²) in [6.07, 6.45) is -1.94. The zero-order valence-electron chi connectivity index (χ0n) is 28.2. The molecule has 4 aliphatic heterocycles. The molecule has 0 spiro atoms. The Morgan fingerprint density at radius 2 is 1.08 bits per heavy atom. The third kappa shape index (κ3) is 7.45. The summed E-state index contributed by atoms with van der Waals surface area (Å²) in [5.41, 5.74) is 3.05. The molecule has 0 aromatic heterocycles. The van der Waals surface area contributed by atoms with E-state index in [0.717, 1.165) is 0 Å². The summed E-state index contributed by atoms with van der Waals surface area (Å²) in [7, 11) is 0. The zero-order chi connectivity index (χ0) is 36.2. The first-order chi connectivity index (χ1) is 25.2.